The number of rotatable bonds is 8. The highest BCUT2D eigenvalue weighted by Crippen LogP contribution is 2.26. The summed E-state index contributed by atoms with van der Waals surface area (Å²) < 4.78 is 0. The minimum atomic E-state index is 0.305. The summed E-state index contributed by atoms with van der Waals surface area (Å²) in [6.45, 7) is 10.2. The van der Waals surface area contributed by atoms with Gasteiger partial charge < -0.3 is 5.32 Å². The van der Waals surface area contributed by atoms with Gasteiger partial charge in [-0.15, -0.1) is 0 Å². The molecule has 2 heteroatoms. The summed E-state index contributed by atoms with van der Waals surface area (Å²) in [4.78, 5) is 0. The first-order valence-corrected chi connectivity index (χ1v) is 7.82. The second-order valence-corrected chi connectivity index (χ2v) is 6.65. The van der Waals surface area contributed by atoms with Gasteiger partial charge in [-0.25, -0.2) is 0 Å². The summed E-state index contributed by atoms with van der Waals surface area (Å²) in [7, 11) is 0. The molecule has 0 amide bonds. The van der Waals surface area contributed by atoms with Crippen LogP contribution in [0.15, 0.2) is 24.3 Å². The van der Waals surface area contributed by atoms with Crippen LogP contribution in [0, 0.1) is 5.41 Å². The zero-order chi connectivity index (χ0) is 14.3. The van der Waals surface area contributed by atoms with Crippen LogP contribution < -0.4 is 5.32 Å². The van der Waals surface area contributed by atoms with Gasteiger partial charge in [-0.1, -0.05) is 69.8 Å². The van der Waals surface area contributed by atoms with Gasteiger partial charge >= 0.3 is 0 Å². The lowest BCUT2D eigenvalue weighted by molar-refractivity contribution is 0.291. The molecule has 0 saturated heterocycles. The molecule has 0 aliphatic rings. The molecule has 0 saturated carbocycles. The van der Waals surface area contributed by atoms with Crippen LogP contribution in [-0.4, -0.2) is 6.54 Å². The number of nitrogens with one attached hydrogen (secondary N) is 1. The molecule has 19 heavy (non-hydrogen) atoms. The Kier molecular flexibility index (Phi) is 6.88. The van der Waals surface area contributed by atoms with Crippen LogP contribution in [0.2, 0.25) is 5.02 Å². The van der Waals surface area contributed by atoms with Gasteiger partial charge in [0.2, 0.25) is 0 Å². The van der Waals surface area contributed by atoms with E-state index in [1.54, 1.807) is 0 Å². The maximum Gasteiger partial charge on any atom is 0.0453 e. The average Bonchev–Trinajstić information content (AvgIpc) is 2.37. The van der Waals surface area contributed by atoms with E-state index in [-0.39, 0.29) is 0 Å². The fourth-order valence-corrected chi connectivity index (χ4v) is 2.61. The molecule has 1 unspecified atom stereocenters. The van der Waals surface area contributed by atoms with Crippen molar-refractivity contribution < 1.29 is 0 Å². The van der Waals surface area contributed by atoms with Crippen molar-refractivity contribution in [2.45, 2.75) is 59.4 Å². The van der Waals surface area contributed by atoms with E-state index in [9.17, 15) is 0 Å². The number of halogens is 1. The van der Waals surface area contributed by atoms with Crippen LogP contribution in [0.5, 0.6) is 0 Å². The standard InChI is InChI=1S/C17H28ClN/c1-5-6-9-12-17(3,4)13-19-14(2)15-10-7-8-11-16(15)18/h7-8,10-11,14,19H,5-6,9,12-13H2,1-4H3. The Morgan fingerprint density at radius 2 is 1.89 bits per heavy atom. The lowest BCUT2D eigenvalue weighted by Gasteiger charge is -2.27. The highest BCUT2D eigenvalue weighted by Gasteiger charge is 2.19. The molecule has 1 aromatic rings. The van der Waals surface area contributed by atoms with Crippen LogP contribution in [0.4, 0.5) is 0 Å². The van der Waals surface area contributed by atoms with E-state index in [4.69, 9.17) is 11.6 Å². The van der Waals surface area contributed by atoms with Crippen molar-refractivity contribution in [3.8, 4) is 0 Å². The topological polar surface area (TPSA) is 12.0 Å². The average molecular weight is 282 g/mol. The molecule has 0 spiro atoms. The third kappa shape index (κ3) is 5.97. The van der Waals surface area contributed by atoms with E-state index in [1.165, 1.54) is 31.2 Å². The van der Waals surface area contributed by atoms with Gasteiger partial charge in [-0.3, -0.25) is 0 Å². The predicted octanol–water partition coefficient (Wildman–Crippen LogP) is 5.60. The minimum absolute atomic E-state index is 0.305. The van der Waals surface area contributed by atoms with Gasteiger partial charge in [-0.05, 0) is 30.4 Å². The summed E-state index contributed by atoms with van der Waals surface area (Å²) in [5, 5.41) is 4.48. The first-order valence-electron chi connectivity index (χ1n) is 7.44. The predicted molar refractivity (Wildman–Crippen MR) is 85.8 cm³/mol. The lowest BCUT2D eigenvalue weighted by atomic mass is 9.86. The zero-order valence-electron chi connectivity index (χ0n) is 12.8. The molecule has 0 aromatic heterocycles. The second-order valence-electron chi connectivity index (χ2n) is 6.25. The van der Waals surface area contributed by atoms with Gasteiger partial charge in [0.1, 0.15) is 0 Å². The Bertz CT molecular complexity index is 373. The molecule has 0 radical (unpaired) electrons. The number of benzene rings is 1. The van der Waals surface area contributed by atoms with Gasteiger partial charge in [0, 0.05) is 17.6 Å². The Hall–Kier alpha value is -0.530. The Balaban J connectivity index is 2.45. The van der Waals surface area contributed by atoms with Crippen molar-refractivity contribution in [2.75, 3.05) is 6.54 Å². The zero-order valence-corrected chi connectivity index (χ0v) is 13.6. The molecule has 0 heterocycles. The van der Waals surface area contributed by atoms with Crippen LogP contribution in [0.25, 0.3) is 0 Å². The van der Waals surface area contributed by atoms with Gasteiger partial charge in [0.05, 0.1) is 0 Å². The van der Waals surface area contributed by atoms with E-state index in [0.717, 1.165) is 11.6 Å². The Morgan fingerprint density at radius 1 is 1.21 bits per heavy atom. The smallest absolute Gasteiger partial charge is 0.0453 e. The number of unbranched alkanes of at least 4 members (excludes halogenated alkanes) is 2. The van der Waals surface area contributed by atoms with E-state index >= 15 is 0 Å². The van der Waals surface area contributed by atoms with E-state index in [0.29, 0.717) is 11.5 Å². The molecular weight excluding hydrogens is 254 g/mol. The first-order chi connectivity index (χ1) is 8.96. The summed E-state index contributed by atoms with van der Waals surface area (Å²) in [5.41, 5.74) is 1.54. The van der Waals surface area contributed by atoms with Gasteiger partial charge in [-0.2, -0.15) is 0 Å². The molecular formula is C17H28ClN. The largest absolute Gasteiger partial charge is 0.310 e. The molecule has 0 bridgehead atoms. The lowest BCUT2D eigenvalue weighted by Crippen LogP contribution is -2.31. The highest BCUT2D eigenvalue weighted by atomic mass is 35.5. The molecule has 0 aliphatic heterocycles. The second kappa shape index (κ2) is 7.91. The molecule has 1 rings (SSSR count). The highest BCUT2D eigenvalue weighted by molar-refractivity contribution is 6.31. The van der Waals surface area contributed by atoms with Gasteiger partial charge in [0.25, 0.3) is 0 Å². The summed E-state index contributed by atoms with van der Waals surface area (Å²) in [6.07, 6.45) is 5.23. The maximum atomic E-state index is 6.23. The van der Waals surface area contributed by atoms with Crippen LogP contribution >= 0.6 is 11.6 Å². The minimum Gasteiger partial charge on any atom is -0.310 e. The monoisotopic (exact) mass is 281 g/mol. The van der Waals surface area contributed by atoms with Crippen molar-refractivity contribution in [3.05, 3.63) is 34.9 Å². The van der Waals surface area contributed by atoms with E-state index in [2.05, 4.69) is 39.1 Å². The fraction of sp³-hybridized carbons (Fsp3) is 0.647. The van der Waals surface area contributed by atoms with Crippen LogP contribution in [-0.2, 0) is 0 Å². The van der Waals surface area contributed by atoms with Crippen molar-refractivity contribution in [2.24, 2.45) is 5.41 Å². The van der Waals surface area contributed by atoms with Gasteiger partial charge in [0.15, 0.2) is 0 Å². The third-order valence-corrected chi connectivity index (χ3v) is 4.06. The van der Waals surface area contributed by atoms with Crippen molar-refractivity contribution in [1.82, 2.24) is 5.32 Å². The van der Waals surface area contributed by atoms with Crippen molar-refractivity contribution >= 4 is 11.6 Å². The van der Waals surface area contributed by atoms with Crippen molar-refractivity contribution in [3.63, 3.8) is 0 Å². The Labute approximate surface area is 123 Å². The molecule has 1 nitrogen and oxygen atoms in total. The normalized spacial score (nSPS) is 13.5. The van der Waals surface area contributed by atoms with E-state index in [1.807, 2.05) is 18.2 Å². The SMILES string of the molecule is CCCCCC(C)(C)CNC(C)c1ccccc1Cl. The summed E-state index contributed by atoms with van der Waals surface area (Å²) >= 11 is 6.23. The molecule has 1 N–H and O–H groups in total. The number of hydrogen-bond donors (Lipinski definition) is 1. The molecule has 1 atom stereocenters. The molecule has 108 valence electrons. The molecule has 1 aromatic carbocycles. The third-order valence-electron chi connectivity index (χ3n) is 3.72. The summed E-state index contributed by atoms with van der Waals surface area (Å²) in [6, 6.07) is 8.39. The van der Waals surface area contributed by atoms with Crippen LogP contribution in [0.1, 0.15) is 65.0 Å². The Morgan fingerprint density at radius 3 is 2.53 bits per heavy atom. The summed E-state index contributed by atoms with van der Waals surface area (Å²) in [5.74, 6) is 0. The fourth-order valence-electron chi connectivity index (χ4n) is 2.31. The number of hydrogen-bond acceptors (Lipinski definition) is 1. The van der Waals surface area contributed by atoms with Crippen molar-refractivity contribution in [1.29, 1.82) is 0 Å². The molecule has 0 aliphatic carbocycles. The molecule has 0 fully saturated rings. The van der Waals surface area contributed by atoms with Crippen LogP contribution in [0.3, 0.4) is 0 Å². The first kappa shape index (κ1) is 16.5. The van der Waals surface area contributed by atoms with E-state index < -0.39 is 0 Å². The maximum absolute atomic E-state index is 6.23. The quantitative estimate of drug-likeness (QED) is 0.612.